The van der Waals surface area contributed by atoms with Crippen LogP contribution in [0.4, 0.5) is 0 Å². The molecule has 15 heavy (non-hydrogen) atoms. The quantitative estimate of drug-likeness (QED) is 0.805. The molecule has 1 atom stereocenters. The summed E-state index contributed by atoms with van der Waals surface area (Å²) in [7, 11) is 0. The Morgan fingerprint density at radius 2 is 2.27 bits per heavy atom. The highest BCUT2D eigenvalue weighted by atomic mass is 32.2. The smallest absolute Gasteiger partial charge is 0.213 e. The predicted octanol–water partition coefficient (Wildman–Crippen LogP) is 1.36. The lowest BCUT2D eigenvalue weighted by atomic mass is 10.1. The summed E-state index contributed by atoms with van der Waals surface area (Å²) in [6.45, 7) is -1.70. The zero-order valence-electron chi connectivity index (χ0n) is 15.6. The topological polar surface area (TPSA) is 74.0 Å². The van der Waals surface area contributed by atoms with E-state index >= 15 is 0 Å². The molecule has 0 unspecified atom stereocenters. The van der Waals surface area contributed by atoms with E-state index in [2.05, 4.69) is 19.4 Å². The fourth-order valence-electron chi connectivity index (χ4n) is 0.638. The Morgan fingerprint density at radius 1 is 1.60 bits per heavy atom. The number of nitrogens with one attached hydrogen (secondary N) is 1. The molecule has 0 aliphatic heterocycles. The van der Waals surface area contributed by atoms with Gasteiger partial charge in [0.25, 0.3) is 0 Å². The minimum Gasteiger partial charge on any atom is -0.598 e. The van der Waals surface area contributed by atoms with Gasteiger partial charge in [-0.3, -0.25) is 0 Å². The van der Waals surface area contributed by atoms with Crippen LogP contribution in [0.15, 0.2) is 10.9 Å². The monoisotopic (exact) mass is 238 g/mol. The van der Waals surface area contributed by atoms with E-state index in [-0.39, 0.29) is 0 Å². The summed E-state index contributed by atoms with van der Waals surface area (Å²) in [6.07, 6.45) is -0.740. The molecular formula is C9H17N3O2S. The van der Waals surface area contributed by atoms with Crippen molar-refractivity contribution in [3.05, 3.63) is 12.2 Å². The number of rotatable bonds is 3. The van der Waals surface area contributed by atoms with E-state index in [9.17, 15) is 4.55 Å². The molecule has 1 heterocycles. The van der Waals surface area contributed by atoms with Crippen LogP contribution in [0.3, 0.4) is 0 Å². The second kappa shape index (κ2) is 4.11. The van der Waals surface area contributed by atoms with Crippen molar-refractivity contribution in [2.24, 2.45) is 0 Å². The average molecular weight is 238 g/mol. The maximum absolute atomic E-state index is 12.3. The molecule has 6 heteroatoms. The molecule has 1 aromatic heterocycles. The average Bonchev–Trinajstić information content (AvgIpc) is 2.67. The molecule has 1 N–H and O–H groups in total. The summed E-state index contributed by atoms with van der Waals surface area (Å²) in [5.41, 5.74) is -2.82. The molecule has 0 aliphatic rings. The Kier molecular flexibility index (Phi) is 1.55. The molecule has 0 spiro atoms. The Morgan fingerprint density at radius 3 is 2.67 bits per heavy atom. The molecule has 0 fully saturated rings. The van der Waals surface area contributed by atoms with Gasteiger partial charge in [0.15, 0.2) is 5.82 Å². The van der Waals surface area contributed by atoms with Crippen LogP contribution in [-0.2, 0) is 16.9 Å². The number of hydrogen-bond donors (Lipinski definition) is 1. The van der Waals surface area contributed by atoms with Gasteiger partial charge in [-0.05, 0) is 34.5 Å². The van der Waals surface area contributed by atoms with Crippen molar-refractivity contribution >= 4 is 11.4 Å². The Bertz CT molecular complexity index is 509. The first kappa shape index (κ1) is 5.65. The van der Waals surface area contributed by atoms with Gasteiger partial charge in [0.05, 0.1) is 0 Å². The highest BCUT2D eigenvalue weighted by Crippen LogP contribution is 2.22. The Labute approximate surface area is 103 Å². The maximum Gasteiger partial charge on any atom is 0.213 e. The lowest BCUT2D eigenvalue weighted by Crippen LogP contribution is -2.48. The summed E-state index contributed by atoms with van der Waals surface area (Å²) < 4.78 is 70.9. The van der Waals surface area contributed by atoms with Gasteiger partial charge in [0.1, 0.15) is 11.7 Å². The summed E-state index contributed by atoms with van der Waals surface area (Å²) in [6, 6.07) is 0. The number of hydrogen-bond acceptors (Lipinski definition) is 5. The maximum atomic E-state index is 12.3. The minimum atomic E-state index is -3.17. The lowest BCUT2D eigenvalue weighted by molar-refractivity contribution is 0.373. The Hall–Kier alpha value is -0.590. The summed E-state index contributed by atoms with van der Waals surface area (Å²) in [5.74, 6) is -0.755. The van der Waals surface area contributed by atoms with E-state index in [1.165, 1.54) is 0 Å². The first-order valence-electron chi connectivity index (χ1n) is 7.63. The zero-order chi connectivity index (χ0) is 17.6. The highest BCUT2D eigenvalue weighted by Gasteiger charge is 2.36. The van der Waals surface area contributed by atoms with E-state index < -0.39 is 47.5 Å². The normalized spacial score (nSPS) is 23.9. The van der Waals surface area contributed by atoms with Gasteiger partial charge in [-0.1, -0.05) is 5.16 Å². The predicted molar refractivity (Wildman–Crippen MR) is 58.4 cm³/mol. The first-order valence-corrected chi connectivity index (χ1v) is 5.28. The summed E-state index contributed by atoms with van der Waals surface area (Å²) >= 11 is -2.04. The van der Waals surface area contributed by atoms with Crippen LogP contribution in [0, 0.1) is 0 Å². The van der Waals surface area contributed by atoms with Crippen molar-refractivity contribution in [1.29, 1.82) is 0 Å². The van der Waals surface area contributed by atoms with Crippen LogP contribution >= 0.6 is 0 Å². The van der Waals surface area contributed by atoms with Crippen molar-refractivity contribution in [3.8, 4) is 0 Å². The zero-order valence-corrected chi connectivity index (χ0v) is 9.44. The van der Waals surface area contributed by atoms with Crippen LogP contribution in [-0.4, -0.2) is 19.4 Å². The molecule has 0 radical (unpaired) electrons. The van der Waals surface area contributed by atoms with E-state index in [1.54, 1.807) is 20.8 Å². The van der Waals surface area contributed by atoms with E-state index in [0.29, 0.717) is 0 Å². The molecule has 0 amide bonds. The standard InChI is InChI=1S/C9H17N3O2S/c1-8(2,3)15(13)12-9(4,5)7-10-6-14-11-7/h6,12H,1-5H3/t15-/m0/s1/i4D3,5D3,6D. The minimum absolute atomic E-state index is 0.740. The molecule has 86 valence electrons. The number of nitrogens with zero attached hydrogens (tertiary/aromatic N) is 2. The van der Waals surface area contributed by atoms with Gasteiger partial charge in [-0.25, -0.2) is 0 Å². The van der Waals surface area contributed by atoms with Gasteiger partial charge in [0, 0.05) is 19.6 Å². The summed E-state index contributed by atoms with van der Waals surface area (Å²) in [4.78, 5) is 3.42. The summed E-state index contributed by atoms with van der Waals surface area (Å²) in [5, 5.41) is 3.27. The second-order valence-corrected chi connectivity index (χ2v) is 5.91. The van der Waals surface area contributed by atoms with E-state index in [4.69, 9.17) is 9.60 Å². The molecule has 0 aromatic carbocycles. The second-order valence-electron chi connectivity index (χ2n) is 3.94. The van der Waals surface area contributed by atoms with Crippen LogP contribution in [0.2, 0.25) is 0 Å². The van der Waals surface area contributed by atoms with Crippen LogP contribution in [0.1, 0.15) is 49.9 Å². The molecule has 0 bridgehead atoms. The van der Waals surface area contributed by atoms with Gasteiger partial charge in [-0.2, -0.15) is 4.98 Å². The molecule has 5 nitrogen and oxygen atoms in total. The molecule has 0 aliphatic carbocycles. The van der Waals surface area contributed by atoms with Crippen LogP contribution < -0.4 is 4.72 Å². The molecule has 1 aromatic rings. The largest absolute Gasteiger partial charge is 0.598 e. The van der Waals surface area contributed by atoms with Crippen LogP contribution in [0.25, 0.3) is 0 Å². The fourth-order valence-corrected chi connectivity index (χ4v) is 1.31. The third-order valence-electron chi connectivity index (χ3n) is 1.46. The SMILES string of the molecule is [2H]c1nc(C(N[S@@+]([O-])C(C)(C)C)(C([2H])([2H])[2H])C([2H])([2H])[2H])no1. The van der Waals surface area contributed by atoms with Gasteiger partial charge < -0.3 is 9.08 Å². The molecule has 0 saturated carbocycles. The third kappa shape index (κ3) is 3.19. The van der Waals surface area contributed by atoms with Crippen molar-refractivity contribution in [2.45, 2.75) is 44.8 Å². The van der Waals surface area contributed by atoms with Crippen molar-refractivity contribution in [2.75, 3.05) is 0 Å². The molecule has 0 saturated heterocycles. The number of aromatic nitrogens is 2. The van der Waals surface area contributed by atoms with E-state index in [0.717, 1.165) is 0 Å². The fraction of sp³-hybridized carbons (Fsp3) is 0.778. The lowest BCUT2D eigenvalue weighted by Gasteiger charge is -2.30. The van der Waals surface area contributed by atoms with E-state index in [1.807, 2.05) is 0 Å². The Balaban J connectivity index is 3.55. The molecular weight excluding hydrogens is 214 g/mol. The van der Waals surface area contributed by atoms with Crippen molar-refractivity contribution in [1.82, 2.24) is 14.9 Å². The van der Waals surface area contributed by atoms with Crippen molar-refractivity contribution in [3.63, 3.8) is 0 Å². The van der Waals surface area contributed by atoms with Gasteiger partial charge >= 0.3 is 0 Å². The molecule has 1 rings (SSSR count). The van der Waals surface area contributed by atoms with Gasteiger partial charge in [0.2, 0.25) is 6.37 Å². The highest BCUT2D eigenvalue weighted by molar-refractivity contribution is 7.90. The van der Waals surface area contributed by atoms with Crippen LogP contribution in [0.5, 0.6) is 0 Å². The first-order chi connectivity index (χ1) is 9.63. The van der Waals surface area contributed by atoms with Gasteiger partial charge in [-0.15, -0.1) is 4.72 Å². The van der Waals surface area contributed by atoms with Crippen molar-refractivity contribution < 1.29 is 18.7 Å². The third-order valence-corrected chi connectivity index (χ3v) is 3.07.